The number of hydrogen-bond acceptors (Lipinski definition) is 7. The third-order valence-corrected chi connectivity index (χ3v) is 8.85. The van der Waals surface area contributed by atoms with Gasteiger partial charge in [0.25, 0.3) is 0 Å². The monoisotopic (exact) mass is 628 g/mol. The summed E-state index contributed by atoms with van der Waals surface area (Å²) in [5.41, 5.74) is 2.90. The fraction of sp³-hybridized carbons (Fsp3) is 0.212. The van der Waals surface area contributed by atoms with Crippen LogP contribution in [0.2, 0.25) is 5.02 Å². The van der Waals surface area contributed by atoms with E-state index in [1.165, 1.54) is 16.7 Å². The third kappa shape index (κ3) is 6.82. The zero-order valence-electron chi connectivity index (χ0n) is 23.6. The lowest BCUT2D eigenvalue weighted by Gasteiger charge is -2.23. The van der Waals surface area contributed by atoms with E-state index in [0.717, 1.165) is 11.1 Å². The van der Waals surface area contributed by atoms with Gasteiger partial charge in [0.2, 0.25) is 11.8 Å². The molecule has 0 radical (unpaired) electrons. The lowest BCUT2D eigenvalue weighted by Crippen LogP contribution is -2.43. The van der Waals surface area contributed by atoms with Gasteiger partial charge in [-0.15, -0.1) is 0 Å². The van der Waals surface area contributed by atoms with Crippen LogP contribution in [0, 0.1) is 0 Å². The van der Waals surface area contributed by atoms with Crippen LogP contribution in [0.25, 0.3) is 0 Å². The molecule has 2 fully saturated rings. The highest BCUT2D eigenvalue weighted by molar-refractivity contribution is 8.15. The van der Waals surface area contributed by atoms with E-state index in [1.807, 2.05) is 48.5 Å². The van der Waals surface area contributed by atoms with Gasteiger partial charge in [-0.25, -0.2) is 9.79 Å². The number of anilines is 1. The molecule has 2 aliphatic heterocycles. The number of thioether (sulfide) groups is 1. The molecule has 3 amide bonds. The number of furan rings is 1. The van der Waals surface area contributed by atoms with Gasteiger partial charge < -0.3 is 14.5 Å². The maximum atomic E-state index is 13.6. The molecule has 1 aromatic heterocycles. The van der Waals surface area contributed by atoms with Crippen LogP contribution in [0.5, 0.6) is 0 Å². The summed E-state index contributed by atoms with van der Waals surface area (Å²) >= 11 is 7.39. The third-order valence-electron chi connectivity index (χ3n) is 7.37. The molecule has 2 atom stereocenters. The number of halogens is 1. The number of likely N-dealkylation sites (tertiary alicyclic amines) is 1. The van der Waals surface area contributed by atoms with Crippen LogP contribution < -0.4 is 5.32 Å². The van der Waals surface area contributed by atoms with E-state index < -0.39 is 17.4 Å². The lowest BCUT2D eigenvalue weighted by atomic mass is 10.1. The quantitative estimate of drug-likeness (QED) is 0.222. The molecule has 1 N–H and O–H groups in total. The van der Waals surface area contributed by atoms with Crippen LogP contribution in [0.3, 0.4) is 0 Å². The molecule has 44 heavy (non-hydrogen) atoms. The Morgan fingerprint density at radius 2 is 1.77 bits per heavy atom. The van der Waals surface area contributed by atoms with E-state index in [1.54, 1.807) is 53.6 Å². The van der Waals surface area contributed by atoms with Gasteiger partial charge in [0, 0.05) is 17.3 Å². The maximum absolute atomic E-state index is 13.6. The second kappa shape index (κ2) is 13.4. The number of nitrogens with one attached hydrogen (secondary N) is 1. The molecule has 224 valence electrons. The topological polar surface area (TPSA) is 104 Å². The number of hydrogen-bond donors (Lipinski definition) is 1. The van der Waals surface area contributed by atoms with Crippen LogP contribution in [0.1, 0.15) is 35.0 Å². The molecule has 2 saturated heterocycles. The number of nitrogens with zero attached hydrogens (tertiary/aromatic N) is 3. The molecule has 0 spiro atoms. The number of carbonyl (C=O) groups is 3. The molecule has 1 unspecified atom stereocenters. The minimum Gasteiger partial charge on any atom is -0.467 e. The summed E-state index contributed by atoms with van der Waals surface area (Å²) in [7, 11) is 0. The van der Waals surface area contributed by atoms with E-state index in [0.29, 0.717) is 46.7 Å². The number of aliphatic imine (C=N–C) groups is 1. The van der Waals surface area contributed by atoms with Gasteiger partial charge in [-0.1, -0.05) is 65.8 Å². The Balaban J connectivity index is 1.12. The molecule has 0 bridgehead atoms. The van der Waals surface area contributed by atoms with Crippen molar-refractivity contribution in [3.8, 4) is 0 Å². The van der Waals surface area contributed by atoms with Crippen LogP contribution in [0.15, 0.2) is 107 Å². The van der Waals surface area contributed by atoms with E-state index >= 15 is 0 Å². The molecule has 3 heterocycles. The standard InChI is InChI=1S/C33H29ClN4O5S/c34-24-12-16-26(17-13-24)36-32-38(20-27-8-5-19-42-27)31(40)29(44-32)23-10-14-25(15-11-23)35-30(39)28-9-4-18-37(28)33(41)43-21-22-6-2-1-3-7-22/h1-3,5-8,10-17,19,28-29H,4,9,18,20-21H2,(H,35,39)/t28-,29?/m0/s1. The van der Waals surface area contributed by atoms with E-state index in [4.69, 9.17) is 25.7 Å². The average molecular weight is 629 g/mol. The molecular weight excluding hydrogens is 600 g/mol. The first kappa shape index (κ1) is 29.5. The first-order chi connectivity index (χ1) is 21.4. The Hall–Kier alpha value is -4.54. The number of rotatable bonds is 8. The molecule has 4 aromatic rings. The Morgan fingerprint density at radius 1 is 1.00 bits per heavy atom. The summed E-state index contributed by atoms with van der Waals surface area (Å²) in [6, 6.07) is 26.7. The molecular formula is C33H29ClN4O5S. The van der Waals surface area contributed by atoms with Crippen molar-refractivity contribution in [1.29, 1.82) is 0 Å². The van der Waals surface area contributed by atoms with Crippen LogP contribution in [0.4, 0.5) is 16.2 Å². The van der Waals surface area contributed by atoms with Crippen molar-refractivity contribution in [2.75, 3.05) is 11.9 Å². The molecule has 6 rings (SSSR count). The number of amides is 3. The van der Waals surface area contributed by atoms with Gasteiger partial charge in [-0.2, -0.15) is 0 Å². The van der Waals surface area contributed by atoms with Crippen molar-refractivity contribution in [3.63, 3.8) is 0 Å². The number of ether oxygens (including phenoxy) is 1. The van der Waals surface area contributed by atoms with Gasteiger partial charge in [0.05, 0.1) is 18.5 Å². The summed E-state index contributed by atoms with van der Waals surface area (Å²) in [5.74, 6) is 0.248. The summed E-state index contributed by atoms with van der Waals surface area (Å²) < 4.78 is 11.0. The summed E-state index contributed by atoms with van der Waals surface area (Å²) in [6.07, 6.45) is 2.34. The summed E-state index contributed by atoms with van der Waals surface area (Å²) in [6.45, 7) is 0.858. The Bertz CT molecular complexity index is 1650. The average Bonchev–Trinajstić information content (AvgIpc) is 3.81. The molecule has 0 aliphatic carbocycles. The van der Waals surface area contributed by atoms with Crippen molar-refractivity contribution in [2.24, 2.45) is 4.99 Å². The van der Waals surface area contributed by atoms with Crippen molar-refractivity contribution >= 4 is 57.8 Å². The minimum atomic E-state index is -0.619. The van der Waals surface area contributed by atoms with Crippen LogP contribution >= 0.6 is 23.4 Å². The SMILES string of the molecule is O=C(Nc1ccc(C2SC(=Nc3ccc(Cl)cc3)N(Cc3ccco3)C2=O)cc1)[C@@H]1CCCN1C(=O)OCc1ccccc1. The molecule has 0 saturated carbocycles. The summed E-state index contributed by atoms with van der Waals surface area (Å²) in [4.78, 5) is 47.4. The molecule has 3 aromatic carbocycles. The smallest absolute Gasteiger partial charge is 0.410 e. The highest BCUT2D eigenvalue weighted by Gasteiger charge is 2.40. The lowest BCUT2D eigenvalue weighted by molar-refractivity contribution is -0.126. The van der Waals surface area contributed by atoms with Crippen LogP contribution in [-0.4, -0.2) is 45.5 Å². The number of amidine groups is 1. The fourth-order valence-electron chi connectivity index (χ4n) is 5.11. The fourth-order valence-corrected chi connectivity index (χ4v) is 6.41. The van der Waals surface area contributed by atoms with E-state index in [-0.39, 0.29) is 25.0 Å². The number of benzene rings is 3. The second-order valence-corrected chi connectivity index (χ2v) is 11.9. The van der Waals surface area contributed by atoms with Gasteiger partial charge in [-0.05, 0) is 72.5 Å². The van der Waals surface area contributed by atoms with E-state index in [2.05, 4.69) is 5.32 Å². The van der Waals surface area contributed by atoms with Crippen molar-refractivity contribution in [3.05, 3.63) is 119 Å². The van der Waals surface area contributed by atoms with Gasteiger partial charge >= 0.3 is 6.09 Å². The normalized spacial score (nSPS) is 19.0. The summed E-state index contributed by atoms with van der Waals surface area (Å²) in [5, 5.41) is 3.55. The maximum Gasteiger partial charge on any atom is 0.410 e. The zero-order chi connectivity index (χ0) is 30.5. The Labute approximate surface area is 263 Å². The van der Waals surface area contributed by atoms with Gasteiger partial charge in [0.1, 0.15) is 23.7 Å². The number of carbonyl (C=O) groups excluding carboxylic acids is 3. The zero-order valence-corrected chi connectivity index (χ0v) is 25.2. The van der Waals surface area contributed by atoms with Crippen molar-refractivity contribution in [2.45, 2.75) is 37.3 Å². The van der Waals surface area contributed by atoms with Gasteiger partial charge in [0.15, 0.2) is 5.17 Å². The molecule has 11 heteroatoms. The predicted octanol–water partition coefficient (Wildman–Crippen LogP) is 7.18. The Kier molecular flexibility index (Phi) is 8.99. The minimum absolute atomic E-state index is 0.119. The molecule has 9 nitrogen and oxygen atoms in total. The first-order valence-electron chi connectivity index (χ1n) is 14.2. The van der Waals surface area contributed by atoms with Crippen LogP contribution in [-0.2, 0) is 27.5 Å². The second-order valence-electron chi connectivity index (χ2n) is 10.4. The largest absolute Gasteiger partial charge is 0.467 e. The van der Waals surface area contributed by atoms with Crippen molar-refractivity contribution < 1.29 is 23.5 Å². The highest BCUT2D eigenvalue weighted by atomic mass is 35.5. The highest BCUT2D eigenvalue weighted by Crippen LogP contribution is 2.41. The van der Waals surface area contributed by atoms with E-state index in [9.17, 15) is 14.4 Å². The Morgan fingerprint density at radius 3 is 2.50 bits per heavy atom. The van der Waals surface area contributed by atoms with Gasteiger partial charge in [-0.3, -0.25) is 19.4 Å². The predicted molar refractivity (Wildman–Crippen MR) is 170 cm³/mol. The van der Waals surface area contributed by atoms with Crippen molar-refractivity contribution in [1.82, 2.24) is 9.80 Å². The first-order valence-corrected chi connectivity index (χ1v) is 15.4. The molecule has 2 aliphatic rings.